The summed E-state index contributed by atoms with van der Waals surface area (Å²) in [5, 5.41) is 0. The SMILES string of the molecule is CCOC(=O)[C@@H]1CC(OCC)(OCC)CCN1[C@@H](C)c1ccccc1. The average molecular weight is 349 g/mol. The molecule has 0 spiro atoms. The molecule has 1 fully saturated rings. The molecule has 140 valence electrons. The van der Waals surface area contributed by atoms with Crippen LogP contribution in [0, 0.1) is 0 Å². The van der Waals surface area contributed by atoms with Gasteiger partial charge < -0.3 is 14.2 Å². The molecule has 1 saturated heterocycles. The third-order valence-electron chi connectivity index (χ3n) is 4.81. The first-order valence-electron chi connectivity index (χ1n) is 9.32. The Hall–Kier alpha value is -1.43. The Morgan fingerprint density at radius 2 is 1.80 bits per heavy atom. The quantitative estimate of drug-likeness (QED) is 0.531. The number of ether oxygens (including phenoxy) is 3. The fraction of sp³-hybridized carbons (Fsp3) is 0.650. The molecule has 0 saturated carbocycles. The van der Waals surface area contributed by atoms with E-state index >= 15 is 0 Å². The van der Waals surface area contributed by atoms with E-state index in [0.29, 0.717) is 26.2 Å². The third kappa shape index (κ3) is 4.81. The molecule has 1 aliphatic rings. The highest BCUT2D eigenvalue weighted by atomic mass is 16.7. The first-order chi connectivity index (χ1) is 12.1. The van der Waals surface area contributed by atoms with E-state index in [1.165, 1.54) is 5.56 Å². The predicted molar refractivity (Wildman–Crippen MR) is 97.2 cm³/mol. The normalized spacial score (nSPS) is 21.7. The number of benzene rings is 1. The summed E-state index contributed by atoms with van der Waals surface area (Å²) in [5.74, 6) is -0.901. The van der Waals surface area contributed by atoms with Crippen LogP contribution in [0.15, 0.2) is 30.3 Å². The van der Waals surface area contributed by atoms with Crippen LogP contribution in [-0.4, -0.2) is 49.1 Å². The lowest BCUT2D eigenvalue weighted by molar-refractivity contribution is -0.263. The van der Waals surface area contributed by atoms with Gasteiger partial charge >= 0.3 is 5.97 Å². The number of rotatable bonds is 8. The highest BCUT2D eigenvalue weighted by Crippen LogP contribution is 2.36. The van der Waals surface area contributed by atoms with Gasteiger partial charge in [0.05, 0.1) is 6.61 Å². The topological polar surface area (TPSA) is 48.0 Å². The molecule has 0 aromatic heterocycles. The van der Waals surface area contributed by atoms with Gasteiger partial charge in [-0.25, -0.2) is 0 Å². The van der Waals surface area contributed by atoms with Gasteiger partial charge in [0.15, 0.2) is 5.79 Å². The summed E-state index contributed by atoms with van der Waals surface area (Å²) in [6.07, 6.45) is 1.23. The second-order valence-corrected chi connectivity index (χ2v) is 6.32. The monoisotopic (exact) mass is 349 g/mol. The summed E-state index contributed by atoms with van der Waals surface area (Å²) in [5.41, 5.74) is 1.19. The van der Waals surface area contributed by atoms with E-state index in [4.69, 9.17) is 14.2 Å². The Bertz CT molecular complexity index is 528. The summed E-state index contributed by atoms with van der Waals surface area (Å²) >= 11 is 0. The van der Waals surface area contributed by atoms with Crippen molar-refractivity contribution in [1.29, 1.82) is 0 Å². The number of nitrogens with zero attached hydrogens (tertiary/aromatic N) is 1. The third-order valence-corrected chi connectivity index (χ3v) is 4.81. The van der Waals surface area contributed by atoms with Crippen LogP contribution in [0.2, 0.25) is 0 Å². The fourth-order valence-electron chi connectivity index (χ4n) is 3.64. The molecule has 5 heteroatoms. The Morgan fingerprint density at radius 1 is 1.16 bits per heavy atom. The summed E-state index contributed by atoms with van der Waals surface area (Å²) in [7, 11) is 0. The van der Waals surface area contributed by atoms with Crippen molar-refractivity contribution < 1.29 is 19.0 Å². The van der Waals surface area contributed by atoms with Crippen LogP contribution in [0.25, 0.3) is 0 Å². The van der Waals surface area contributed by atoms with Gasteiger partial charge in [0, 0.05) is 38.6 Å². The summed E-state index contributed by atoms with van der Waals surface area (Å²) < 4.78 is 17.2. The number of carbonyl (C=O) groups is 1. The Balaban J connectivity index is 2.25. The number of piperidine rings is 1. The van der Waals surface area contributed by atoms with Crippen molar-refractivity contribution >= 4 is 5.97 Å². The molecular weight excluding hydrogens is 318 g/mol. The van der Waals surface area contributed by atoms with Gasteiger partial charge in [-0.3, -0.25) is 9.69 Å². The van der Waals surface area contributed by atoms with Gasteiger partial charge in [0.25, 0.3) is 0 Å². The first kappa shape index (κ1) is 19.9. The minimum atomic E-state index is -0.701. The van der Waals surface area contributed by atoms with E-state index in [0.717, 1.165) is 13.0 Å². The lowest BCUT2D eigenvalue weighted by atomic mass is 9.92. The molecule has 1 aromatic carbocycles. The lowest BCUT2D eigenvalue weighted by Gasteiger charge is -2.46. The predicted octanol–water partition coefficient (Wildman–Crippen LogP) is 3.54. The molecule has 5 nitrogen and oxygen atoms in total. The number of likely N-dealkylation sites (tertiary alicyclic amines) is 1. The van der Waals surface area contributed by atoms with Crippen LogP contribution in [0.5, 0.6) is 0 Å². The second kappa shape index (κ2) is 9.32. The van der Waals surface area contributed by atoms with Gasteiger partial charge in [-0.1, -0.05) is 30.3 Å². The maximum absolute atomic E-state index is 12.7. The zero-order chi connectivity index (χ0) is 18.3. The lowest BCUT2D eigenvalue weighted by Crippen LogP contribution is -2.56. The van der Waals surface area contributed by atoms with Crippen molar-refractivity contribution in [2.24, 2.45) is 0 Å². The van der Waals surface area contributed by atoms with Gasteiger partial charge in [0.1, 0.15) is 6.04 Å². The van der Waals surface area contributed by atoms with Crippen molar-refractivity contribution in [3.05, 3.63) is 35.9 Å². The number of esters is 1. The van der Waals surface area contributed by atoms with Crippen LogP contribution in [-0.2, 0) is 19.0 Å². The number of hydrogen-bond acceptors (Lipinski definition) is 5. The molecule has 1 heterocycles. The molecular formula is C20H31NO4. The van der Waals surface area contributed by atoms with Gasteiger partial charge in [-0.2, -0.15) is 0 Å². The summed E-state index contributed by atoms with van der Waals surface area (Å²) in [4.78, 5) is 14.9. The van der Waals surface area contributed by atoms with Crippen molar-refractivity contribution in [3.63, 3.8) is 0 Å². The molecule has 2 rings (SSSR count). The molecule has 0 amide bonds. The van der Waals surface area contributed by atoms with Crippen molar-refractivity contribution in [2.45, 2.75) is 58.4 Å². The molecule has 2 atom stereocenters. The van der Waals surface area contributed by atoms with Gasteiger partial charge in [-0.05, 0) is 33.3 Å². The molecule has 0 N–H and O–H groups in total. The number of hydrogen-bond donors (Lipinski definition) is 0. The summed E-state index contributed by atoms with van der Waals surface area (Å²) in [6, 6.07) is 10.0. The maximum atomic E-state index is 12.7. The Morgan fingerprint density at radius 3 is 2.36 bits per heavy atom. The van der Waals surface area contributed by atoms with Crippen molar-refractivity contribution in [2.75, 3.05) is 26.4 Å². The molecule has 0 radical (unpaired) electrons. The van der Waals surface area contributed by atoms with E-state index < -0.39 is 5.79 Å². The first-order valence-corrected chi connectivity index (χ1v) is 9.32. The van der Waals surface area contributed by atoms with Crippen molar-refractivity contribution in [3.8, 4) is 0 Å². The van der Waals surface area contributed by atoms with Crippen molar-refractivity contribution in [1.82, 2.24) is 4.90 Å². The molecule has 25 heavy (non-hydrogen) atoms. The molecule has 0 bridgehead atoms. The highest BCUT2D eigenvalue weighted by Gasteiger charge is 2.46. The second-order valence-electron chi connectivity index (χ2n) is 6.32. The van der Waals surface area contributed by atoms with Crippen LogP contribution >= 0.6 is 0 Å². The van der Waals surface area contributed by atoms with E-state index in [2.05, 4.69) is 24.0 Å². The van der Waals surface area contributed by atoms with Gasteiger partial charge in [0.2, 0.25) is 0 Å². The van der Waals surface area contributed by atoms with E-state index in [9.17, 15) is 4.79 Å². The van der Waals surface area contributed by atoms with Crippen LogP contribution in [0.1, 0.15) is 52.1 Å². The molecule has 0 aliphatic carbocycles. The fourth-order valence-corrected chi connectivity index (χ4v) is 3.64. The van der Waals surface area contributed by atoms with Crippen LogP contribution in [0.4, 0.5) is 0 Å². The summed E-state index contributed by atoms with van der Waals surface area (Å²) in [6.45, 7) is 10.1. The molecule has 1 aromatic rings. The van der Waals surface area contributed by atoms with Crippen LogP contribution < -0.4 is 0 Å². The smallest absolute Gasteiger partial charge is 0.323 e. The minimum absolute atomic E-state index is 0.122. The standard InChI is InChI=1S/C20H31NO4/c1-5-23-19(22)18-15-20(24-6-2,25-7-3)13-14-21(18)16(4)17-11-9-8-10-12-17/h8-12,16,18H,5-7,13-15H2,1-4H3/t16-,18-/m0/s1. The highest BCUT2D eigenvalue weighted by molar-refractivity contribution is 5.76. The largest absolute Gasteiger partial charge is 0.465 e. The maximum Gasteiger partial charge on any atom is 0.323 e. The van der Waals surface area contributed by atoms with Gasteiger partial charge in [-0.15, -0.1) is 0 Å². The number of carbonyl (C=O) groups excluding carboxylic acids is 1. The Labute approximate surface area is 151 Å². The molecule has 1 aliphatic heterocycles. The molecule has 0 unspecified atom stereocenters. The van der Waals surface area contributed by atoms with E-state index in [1.807, 2.05) is 39.0 Å². The minimum Gasteiger partial charge on any atom is -0.465 e. The zero-order valence-electron chi connectivity index (χ0n) is 15.9. The zero-order valence-corrected chi connectivity index (χ0v) is 15.9. The average Bonchev–Trinajstić information content (AvgIpc) is 2.62. The van der Waals surface area contributed by atoms with E-state index in [1.54, 1.807) is 0 Å². The van der Waals surface area contributed by atoms with Crippen LogP contribution in [0.3, 0.4) is 0 Å². The van der Waals surface area contributed by atoms with E-state index in [-0.39, 0.29) is 18.1 Å². The Kier molecular flexibility index (Phi) is 7.41.